The Labute approximate surface area is 170 Å². The third kappa shape index (κ3) is 4.03. The number of hydrogen-bond donors (Lipinski definition) is 4. The minimum Gasteiger partial charge on any atom is -0.619 e. The van der Waals surface area contributed by atoms with E-state index in [-0.39, 0.29) is 18.6 Å². The Kier molecular flexibility index (Phi) is 5.60. The van der Waals surface area contributed by atoms with Gasteiger partial charge in [-0.1, -0.05) is 0 Å². The second-order valence-electron chi connectivity index (χ2n) is 6.87. The number of piperidine rings is 1. The number of nitrogens with zero attached hydrogens (tertiary/aromatic N) is 4. The SMILES string of the molecule is [O-][n+]1cccc(CNc2cc(N[C@@H]3CCNC[C@@H]3CO)nc3c(Br)cnn23)c1. The lowest BCUT2D eigenvalue weighted by molar-refractivity contribution is -0.605. The summed E-state index contributed by atoms with van der Waals surface area (Å²) in [6.45, 7) is 2.28. The van der Waals surface area contributed by atoms with E-state index >= 15 is 0 Å². The van der Waals surface area contributed by atoms with Crippen LogP contribution in [0.2, 0.25) is 0 Å². The Morgan fingerprint density at radius 1 is 1.46 bits per heavy atom. The fourth-order valence-electron chi connectivity index (χ4n) is 3.43. The van der Waals surface area contributed by atoms with Crippen LogP contribution in [0.1, 0.15) is 12.0 Å². The monoisotopic (exact) mass is 447 g/mol. The summed E-state index contributed by atoms with van der Waals surface area (Å²) in [6.07, 6.45) is 5.60. The molecule has 1 aliphatic heterocycles. The van der Waals surface area contributed by atoms with E-state index in [9.17, 15) is 10.3 Å². The van der Waals surface area contributed by atoms with Crippen molar-refractivity contribution in [2.45, 2.75) is 19.0 Å². The molecule has 10 heteroatoms. The predicted molar refractivity (Wildman–Crippen MR) is 109 cm³/mol. The number of aliphatic hydroxyl groups is 1. The first-order valence-corrected chi connectivity index (χ1v) is 9.97. The number of fused-ring (bicyclic) bond motifs is 1. The quantitative estimate of drug-likeness (QED) is 0.330. The Balaban J connectivity index is 1.60. The minimum atomic E-state index is 0.123. The molecule has 4 N–H and O–H groups in total. The van der Waals surface area contributed by atoms with Crippen LogP contribution < -0.4 is 20.7 Å². The number of aromatic nitrogens is 4. The lowest BCUT2D eigenvalue weighted by Crippen LogP contribution is -2.45. The molecule has 1 fully saturated rings. The molecule has 148 valence electrons. The molecule has 1 saturated heterocycles. The zero-order valence-corrected chi connectivity index (χ0v) is 16.8. The standard InChI is InChI=1S/C18H22BrN7O2/c19-14-9-22-26-17(21-7-12-2-1-5-25(28)10-12)6-16(24-18(14)26)23-15-3-4-20-8-13(15)11-27/h1-2,5-6,9-10,13,15,20-21,27H,3-4,7-8,11H2,(H,23,24)/t13-,15-/m1/s1. The maximum Gasteiger partial charge on any atom is 0.185 e. The molecule has 4 rings (SSSR count). The Morgan fingerprint density at radius 2 is 2.36 bits per heavy atom. The number of anilines is 2. The van der Waals surface area contributed by atoms with Crippen molar-refractivity contribution in [3.8, 4) is 0 Å². The van der Waals surface area contributed by atoms with Crippen LogP contribution >= 0.6 is 15.9 Å². The Hall–Kier alpha value is -2.43. The first-order chi connectivity index (χ1) is 13.6. The molecule has 0 unspecified atom stereocenters. The van der Waals surface area contributed by atoms with Crippen LogP contribution in [0.3, 0.4) is 0 Å². The first-order valence-electron chi connectivity index (χ1n) is 9.18. The lowest BCUT2D eigenvalue weighted by atomic mass is 9.94. The fourth-order valence-corrected chi connectivity index (χ4v) is 3.78. The summed E-state index contributed by atoms with van der Waals surface area (Å²) in [5.74, 6) is 1.61. The van der Waals surface area contributed by atoms with Gasteiger partial charge < -0.3 is 26.3 Å². The molecule has 0 bridgehead atoms. The van der Waals surface area contributed by atoms with Crippen molar-refractivity contribution in [2.75, 3.05) is 30.3 Å². The van der Waals surface area contributed by atoms with Gasteiger partial charge in [0.2, 0.25) is 0 Å². The topological polar surface area (TPSA) is 113 Å². The van der Waals surface area contributed by atoms with Crippen molar-refractivity contribution in [3.63, 3.8) is 0 Å². The summed E-state index contributed by atoms with van der Waals surface area (Å²) in [4.78, 5) is 4.67. The normalized spacial score (nSPS) is 19.6. The van der Waals surface area contributed by atoms with Crippen LogP contribution in [0.5, 0.6) is 0 Å². The van der Waals surface area contributed by atoms with Crippen LogP contribution in [0.15, 0.2) is 41.3 Å². The molecule has 3 aromatic heterocycles. The molecular formula is C18H22BrN7O2. The highest BCUT2D eigenvalue weighted by Gasteiger charge is 2.25. The summed E-state index contributed by atoms with van der Waals surface area (Å²) >= 11 is 3.50. The van der Waals surface area contributed by atoms with E-state index in [1.165, 1.54) is 12.4 Å². The van der Waals surface area contributed by atoms with E-state index in [1.807, 2.05) is 12.1 Å². The van der Waals surface area contributed by atoms with Gasteiger partial charge in [-0.25, -0.2) is 4.98 Å². The Morgan fingerprint density at radius 3 is 3.18 bits per heavy atom. The van der Waals surface area contributed by atoms with Gasteiger partial charge in [0.15, 0.2) is 18.0 Å². The molecule has 2 atom stereocenters. The summed E-state index contributed by atoms with van der Waals surface area (Å²) in [5, 5.41) is 35.6. The van der Waals surface area contributed by atoms with E-state index in [1.54, 1.807) is 16.8 Å². The van der Waals surface area contributed by atoms with Crippen LogP contribution in [0, 0.1) is 11.1 Å². The summed E-state index contributed by atoms with van der Waals surface area (Å²) in [5.41, 5.74) is 1.55. The maximum atomic E-state index is 11.5. The van der Waals surface area contributed by atoms with Crippen molar-refractivity contribution in [1.29, 1.82) is 0 Å². The highest BCUT2D eigenvalue weighted by molar-refractivity contribution is 9.10. The molecule has 28 heavy (non-hydrogen) atoms. The fraction of sp³-hybridized carbons (Fsp3) is 0.389. The number of hydrogen-bond acceptors (Lipinski definition) is 7. The van der Waals surface area contributed by atoms with E-state index in [0.717, 1.165) is 40.1 Å². The first kappa shape index (κ1) is 18.9. The molecular weight excluding hydrogens is 426 g/mol. The van der Waals surface area contributed by atoms with Gasteiger partial charge in [0.05, 0.1) is 10.7 Å². The molecule has 0 radical (unpaired) electrons. The average molecular weight is 448 g/mol. The number of halogens is 1. The number of aliphatic hydroxyl groups excluding tert-OH is 1. The van der Waals surface area contributed by atoms with Crippen molar-refractivity contribution >= 4 is 33.2 Å². The number of nitrogens with one attached hydrogen (secondary N) is 3. The molecule has 0 aromatic carbocycles. The van der Waals surface area contributed by atoms with Crippen LogP contribution in [0.4, 0.5) is 11.6 Å². The zero-order chi connectivity index (χ0) is 19.5. The minimum absolute atomic E-state index is 0.123. The van der Waals surface area contributed by atoms with Gasteiger partial charge in [-0.2, -0.15) is 14.3 Å². The van der Waals surface area contributed by atoms with Crippen molar-refractivity contribution < 1.29 is 9.84 Å². The van der Waals surface area contributed by atoms with Gasteiger partial charge >= 0.3 is 0 Å². The lowest BCUT2D eigenvalue weighted by Gasteiger charge is -2.32. The van der Waals surface area contributed by atoms with Gasteiger partial charge in [0.1, 0.15) is 11.6 Å². The van der Waals surface area contributed by atoms with Gasteiger partial charge in [-0.3, -0.25) is 0 Å². The molecule has 3 aromatic rings. The highest BCUT2D eigenvalue weighted by atomic mass is 79.9. The molecule has 0 aliphatic carbocycles. The third-order valence-electron chi connectivity index (χ3n) is 4.91. The Bertz CT molecular complexity index is 964. The summed E-state index contributed by atoms with van der Waals surface area (Å²) in [7, 11) is 0. The summed E-state index contributed by atoms with van der Waals surface area (Å²) in [6, 6.07) is 5.65. The molecule has 0 spiro atoms. The van der Waals surface area contributed by atoms with Crippen molar-refractivity contribution in [2.24, 2.45) is 5.92 Å². The number of pyridine rings is 1. The van der Waals surface area contributed by atoms with E-state index in [0.29, 0.717) is 18.0 Å². The average Bonchev–Trinajstić information content (AvgIpc) is 3.08. The molecule has 1 aliphatic rings. The van der Waals surface area contributed by atoms with Crippen LogP contribution in [0.25, 0.3) is 5.65 Å². The summed E-state index contributed by atoms with van der Waals surface area (Å²) < 4.78 is 3.29. The van der Waals surface area contributed by atoms with Gasteiger partial charge in [-0.05, 0) is 35.0 Å². The zero-order valence-electron chi connectivity index (χ0n) is 15.2. The predicted octanol–water partition coefficient (Wildman–Crippen LogP) is 1.12. The second kappa shape index (κ2) is 8.29. The van der Waals surface area contributed by atoms with E-state index in [2.05, 4.69) is 42.0 Å². The van der Waals surface area contributed by atoms with Crippen molar-refractivity contribution in [3.05, 3.63) is 52.0 Å². The smallest absolute Gasteiger partial charge is 0.185 e. The van der Waals surface area contributed by atoms with Crippen LogP contribution in [-0.4, -0.2) is 45.4 Å². The highest BCUT2D eigenvalue weighted by Crippen LogP contribution is 2.24. The van der Waals surface area contributed by atoms with Crippen molar-refractivity contribution in [1.82, 2.24) is 19.9 Å². The largest absolute Gasteiger partial charge is 0.619 e. The molecule has 0 amide bonds. The maximum absolute atomic E-state index is 11.5. The van der Waals surface area contributed by atoms with Gasteiger partial charge in [0.25, 0.3) is 0 Å². The van der Waals surface area contributed by atoms with E-state index < -0.39 is 0 Å². The number of rotatable bonds is 6. The molecule has 9 nitrogen and oxygen atoms in total. The molecule has 4 heterocycles. The van der Waals surface area contributed by atoms with Gasteiger partial charge in [0, 0.05) is 49.4 Å². The van der Waals surface area contributed by atoms with Gasteiger partial charge in [-0.15, -0.1) is 0 Å². The third-order valence-corrected chi connectivity index (χ3v) is 5.47. The molecule has 0 saturated carbocycles. The van der Waals surface area contributed by atoms with Crippen LogP contribution in [-0.2, 0) is 6.54 Å². The second-order valence-corrected chi connectivity index (χ2v) is 7.72. The van der Waals surface area contributed by atoms with E-state index in [4.69, 9.17) is 0 Å².